The summed E-state index contributed by atoms with van der Waals surface area (Å²) in [6.07, 6.45) is 9.53. The van der Waals surface area contributed by atoms with E-state index in [4.69, 9.17) is 0 Å². The number of carboxylic acids is 1. The first-order valence-corrected chi connectivity index (χ1v) is 12.6. The van der Waals surface area contributed by atoms with Gasteiger partial charge in [0.15, 0.2) is 0 Å². The molecule has 0 spiro atoms. The van der Waals surface area contributed by atoms with Crippen LogP contribution in [0.2, 0.25) is 0 Å². The molecular formula is C31H38O2. The van der Waals surface area contributed by atoms with E-state index in [-0.39, 0.29) is 0 Å². The van der Waals surface area contributed by atoms with Crippen LogP contribution in [0.15, 0.2) is 66.7 Å². The van der Waals surface area contributed by atoms with E-state index in [1.807, 2.05) is 12.1 Å². The number of carbonyl (C=O) groups is 1. The zero-order valence-electron chi connectivity index (χ0n) is 20.4. The monoisotopic (exact) mass is 442 g/mol. The lowest BCUT2D eigenvalue weighted by Crippen LogP contribution is -1.99. The molecule has 0 aromatic heterocycles. The lowest BCUT2D eigenvalue weighted by Gasteiger charge is -2.17. The Morgan fingerprint density at radius 2 is 1.39 bits per heavy atom. The minimum atomic E-state index is -0.886. The molecule has 2 heteroatoms. The second kappa shape index (κ2) is 12.4. The van der Waals surface area contributed by atoms with E-state index in [2.05, 4.69) is 63.2 Å². The lowest BCUT2D eigenvalue weighted by molar-refractivity contribution is 0.0697. The predicted octanol–water partition coefficient (Wildman–Crippen LogP) is 8.82. The molecular weight excluding hydrogens is 404 g/mol. The van der Waals surface area contributed by atoms with Gasteiger partial charge in [-0.15, -0.1) is 0 Å². The van der Waals surface area contributed by atoms with Crippen LogP contribution in [0.4, 0.5) is 0 Å². The van der Waals surface area contributed by atoms with Crippen LogP contribution in [0.25, 0.3) is 22.3 Å². The molecule has 0 fully saturated rings. The Labute approximate surface area is 199 Å². The highest BCUT2D eigenvalue weighted by atomic mass is 16.4. The summed E-state index contributed by atoms with van der Waals surface area (Å²) in [6.45, 7) is 6.83. The van der Waals surface area contributed by atoms with E-state index in [9.17, 15) is 9.90 Å². The quantitative estimate of drug-likeness (QED) is 0.284. The molecule has 1 N–H and O–H groups in total. The summed E-state index contributed by atoms with van der Waals surface area (Å²) >= 11 is 0. The van der Waals surface area contributed by atoms with Gasteiger partial charge in [0.05, 0.1) is 5.56 Å². The molecule has 0 bridgehead atoms. The molecule has 1 unspecified atom stereocenters. The molecule has 174 valence electrons. The molecule has 0 heterocycles. The maximum Gasteiger partial charge on any atom is 0.335 e. The highest BCUT2D eigenvalue weighted by Gasteiger charge is 2.13. The third kappa shape index (κ3) is 6.81. The standard InChI is InChI=1S/C31H38O2/c1-4-6-7-11-24-15-17-25(18-16-24)28-12-9-13-29(30(28)14-8-10-23(3)5-2)26-19-21-27(22-20-26)31(32)33/h9,12-13,15-23H,4-8,10-11,14H2,1-3H3,(H,32,33). The first kappa shape index (κ1) is 24.8. The van der Waals surface area contributed by atoms with Gasteiger partial charge in [0.1, 0.15) is 0 Å². The van der Waals surface area contributed by atoms with Crippen LogP contribution in [-0.2, 0) is 12.8 Å². The molecule has 0 aliphatic carbocycles. The van der Waals surface area contributed by atoms with Crippen molar-refractivity contribution in [3.05, 3.63) is 83.4 Å². The third-order valence-electron chi connectivity index (χ3n) is 6.77. The SMILES string of the molecule is CCCCCc1ccc(-c2cccc(-c3ccc(C(=O)O)cc3)c2CCCC(C)CC)cc1. The van der Waals surface area contributed by atoms with Crippen molar-refractivity contribution in [1.29, 1.82) is 0 Å². The van der Waals surface area contributed by atoms with Gasteiger partial charge >= 0.3 is 5.97 Å². The zero-order chi connectivity index (χ0) is 23.6. The Morgan fingerprint density at radius 1 is 0.788 bits per heavy atom. The minimum absolute atomic E-state index is 0.326. The number of aryl methyl sites for hydroxylation is 1. The first-order valence-electron chi connectivity index (χ1n) is 12.6. The van der Waals surface area contributed by atoms with Crippen molar-refractivity contribution in [2.75, 3.05) is 0 Å². The molecule has 2 nitrogen and oxygen atoms in total. The van der Waals surface area contributed by atoms with Gasteiger partial charge < -0.3 is 5.11 Å². The van der Waals surface area contributed by atoms with Gasteiger partial charge in [-0.3, -0.25) is 0 Å². The fourth-order valence-corrected chi connectivity index (χ4v) is 4.45. The normalized spacial score (nSPS) is 12.0. The predicted molar refractivity (Wildman–Crippen MR) is 140 cm³/mol. The van der Waals surface area contributed by atoms with Gasteiger partial charge in [-0.1, -0.05) is 101 Å². The largest absolute Gasteiger partial charge is 0.478 e. The molecule has 3 rings (SSSR count). The zero-order valence-corrected chi connectivity index (χ0v) is 20.4. The highest BCUT2D eigenvalue weighted by Crippen LogP contribution is 2.34. The van der Waals surface area contributed by atoms with Crippen molar-refractivity contribution in [3.8, 4) is 22.3 Å². The third-order valence-corrected chi connectivity index (χ3v) is 6.77. The molecule has 33 heavy (non-hydrogen) atoms. The first-order chi connectivity index (χ1) is 16.0. The van der Waals surface area contributed by atoms with Crippen LogP contribution in [0, 0.1) is 5.92 Å². The fraction of sp³-hybridized carbons (Fsp3) is 0.387. The molecule has 3 aromatic carbocycles. The van der Waals surface area contributed by atoms with E-state index < -0.39 is 5.97 Å². The molecule has 1 atom stereocenters. The van der Waals surface area contributed by atoms with Gasteiger partial charge in [-0.05, 0) is 77.1 Å². The van der Waals surface area contributed by atoms with Gasteiger partial charge in [0.25, 0.3) is 0 Å². The summed E-state index contributed by atoms with van der Waals surface area (Å²) in [6, 6.07) is 22.9. The number of unbranched alkanes of at least 4 members (excludes halogenated alkanes) is 2. The fourth-order valence-electron chi connectivity index (χ4n) is 4.45. The molecule has 0 aliphatic heterocycles. The van der Waals surface area contributed by atoms with Crippen LogP contribution in [0.3, 0.4) is 0 Å². The number of benzene rings is 3. The summed E-state index contributed by atoms with van der Waals surface area (Å²) in [4.78, 5) is 11.3. The number of aromatic carboxylic acids is 1. The Balaban J connectivity index is 1.95. The number of hydrogen-bond acceptors (Lipinski definition) is 1. The van der Waals surface area contributed by atoms with Crippen LogP contribution in [0.5, 0.6) is 0 Å². The van der Waals surface area contributed by atoms with Crippen molar-refractivity contribution < 1.29 is 9.90 Å². The Bertz CT molecular complexity index is 1020. The topological polar surface area (TPSA) is 37.3 Å². The summed E-state index contributed by atoms with van der Waals surface area (Å²) in [5.74, 6) is -0.152. The van der Waals surface area contributed by atoms with Crippen molar-refractivity contribution in [1.82, 2.24) is 0 Å². The van der Waals surface area contributed by atoms with Crippen molar-refractivity contribution >= 4 is 5.97 Å². The van der Waals surface area contributed by atoms with Crippen molar-refractivity contribution in [2.45, 2.75) is 72.1 Å². The second-order valence-electron chi connectivity index (χ2n) is 9.27. The van der Waals surface area contributed by atoms with Gasteiger partial charge in [-0.25, -0.2) is 4.79 Å². The van der Waals surface area contributed by atoms with Crippen LogP contribution >= 0.6 is 0 Å². The van der Waals surface area contributed by atoms with Crippen molar-refractivity contribution in [3.63, 3.8) is 0 Å². The Morgan fingerprint density at radius 3 is 1.94 bits per heavy atom. The average Bonchev–Trinajstić information content (AvgIpc) is 2.84. The lowest BCUT2D eigenvalue weighted by atomic mass is 9.87. The highest BCUT2D eigenvalue weighted by molar-refractivity contribution is 5.88. The van der Waals surface area contributed by atoms with Crippen LogP contribution in [0.1, 0.15) is 80.8 Å². The van der Waals surface area contributed by atoms with E-state index in [1.165, 1.54) is 59.9 Å². The van der Waals surface area contributed by atoms with Gasteiger partial charge in [0.2, 0.25) is 0 Å². The molecule has 0 saturated heterocycles. The summed E-state index contributed by atoms with van der Waals surface area (Å²) in [5, 5.41) is 9.28. The van der Waals surface area contributed by atoms with E-state index in [0.29, 0.717) is 5.56 Å². The summed E-state index contributed by atoms with van der Waals surface area (Å²) < 4.78 is 0. The maximum atomic E-state index is 11.3. The van der Waals surface area contributed by atoms with Crippen molar-refractivity contribution in [2.24, 2.45) is 5.92 Å². The van der Waals surface area contributed by atoms with Crippen LogP contribution in [-0.4, -0.2) is 11.1 Å². The van der Waals surface area contributed by atoms with Gasteiger partial charge in [-0.2, -0.15) is 0 Å². The van der Waals surface area contributed by atoms with E-state index in [0.717, 1.165) is 30.7 Å². The minimum Gasteiger partial charge on any atom is -0.478 e. The molecule has 3 aromatic rings. The van der Waals surface area contributed by atoms with Crippen LogP contribution < -0.4 is 0 Å². The van der Waals surface area contributed by atoms with Gasteiger partial charge in [0, 0.05) is 0 Å². The molecule has 0 aliphatic rings. The number of rotatable bonds is 12. The maximum absolute atomic E-state index is 11.3. The number of carboxylic acid groups (broad SMARTS) is 1. The second-order valence-corrected chi connectivity index (χ2v) is 9.27. The van der Waals surface area contributed by atoms with E-state index >= 15 is 0 Å². The molecule has 0 amide bonds. The summed E-state index contributed by atoms with van der Waals surface area (Å²) in [5.41, 5.74) is 7.94. The average molecular weight is 443 g/mol. The smallest absolute Gasteiger partial charge is 0.335 e. The molecule has 0 saturated carbocycles. The Kier molecular flexibility index (Phi) is 9.30. The van der Waals surface area contributed by atoms with E-state index in [1.54, 1.807) is 12.1 Å². The number of hydrogen-bond donors (Lipinski definition) is 1. The Hall–Kier alpha value is -2.87. The summed E-state index contributed by atoms with van der Waals surface area (Å²) in [7, 11) is 0. The molecule has 0 radical (unpaired) electrons.